The van der Waals surface area contributed by atoms with Crippen LogP contribution in [-0.4, -0.2) is 44.2 Å². The molecule has 2 aromatic heterocycles. The van der Waals surface area contributed by atoms with E-state index in [-0.39, 0.29) is 11.9 Å². The third-order valence-electron chi connectivity index (χ3n) is 6.11. The van der Waals surface area contributed by atoms with Crippen molar-refractivity contribution in [3.05, 3.63) is 47.2 Å². The minimum atomic E-state index is -0.225. The smallest absolute Gasteiger partial charge is 0.210 e. The highest BCUT2D eigenvalue weighted by Gasteiger charge is 2.23. The van der Waals surface area contributed by atoms with Crippen molar-refractivity contribution in [3.63, 3.8) is 0 Å². The van der Waals surface area contributed by atoms with E-state index in [0.29, 0.717) is 24.7 Å². The average molecular weight is 396 g/mol. The minimum absolute atomic E-state index is 0.225. The van der Waals surface area contributed by atoms with Crippen molar-refractivity contribution in [2.45, 2.75) is 45.2 Å². The summed E-state index contributed by atoms with van der Waals surface area (Å²) in [6, 6.07) is 3.40. The lowest BCUT2D eigenvalue weighted by Gasteiger charge is -2.32. The van der Waals surface area contributed by atoms with Gasteiger partial charge in [0, 0.05) is 41.9 Å². The molecule has 7 nitrogen and oxygen atoms in total. The van der Waals surface area contributed by atoms with Crippen LogP contribution in [0.4, 0.5) is 10.3 Å². The minimum Gasteiger partial charge on any atom is -0.493 e. The molecule has 1 aromatic carbocycles. The van der Waals surface area contributed by atoms with Crippen LogP contribution in [0.3, 0.4) is 0 Å². The number of likely N-dealkylation sites (tertiary alicyclic amines) is 1. The standard InChI is InChI=1S/C21H25FN6O/c1-14(27-8-3-2-4-9-27)16-11-23-21(28-13-25-26-20(16)28)24-12-17-15-7-10-29-19(15)6-5-18(17)22/h5-6,11,13-14H,2-4,7-10,12H2,1H3,(H,23,24). The van der Waals surface area contributed by atoms with E-state index in [2.05, 4.69) is 32.3 Å². The first-order valence-electron chi connectivity index (χ1n) is 10.3. The van der Waals surface area contributed by atoms with E-state index in [9.17, 15) is 4.39 Å². The maximum absolute atomic E-state index is 14.4. The number of halogens is 1. The summed E-state index contributed by atoms with van der Waals surface area (Å²) in [5.74, 6) is 1.16. The summed E-state index contributed by atoms with van der Waals surface area (Å²) in [6.07, 6.45) is 8.03. The van der Waals surface area contributed by atoms with Crippen molar-refractivity contribution in [1.82, 2.24) is 24.5 Å². The molecule has 1 fully saturated rings. The molecule has 152 valence electrons. The summed E-state index contributed by atoms with van der Waals surface area (Å²) in [5, 5.41) is 11.7. The van der Waals surface area contributed by atoms with Crippen LogP contribution in [0.5, 0.6) is 5.75 Å². The lowest BCUT2D eigenvalue weighted by atomic mass is 10.0. The molecule has 0 spiro atoms. The zero-order chi connectivity index (χ0) is 19.8. The van der Waals surface area contributed by atoms with Gasteiger partial charge in [0.1, 0.15) is 17.9 Å². The lowest BCUT2D eigenvalue weighted by Crippen LogP contribution is -2.32. The van der Waals surface area contributed by atoms with Crippen molar-refractivity contribution < 1.29 is 9.13 Å². The molecule has 1 saturated heterocycles. The predicted octanol–water partition coefficient (Wildman–Crippen LogP) is 3.36. The fourth-order valence-corrected chi connectivity index (χ4v) is 4.44. The molecular formula is C21H25FN6O. The van der Waals surface area contributed by atoms with Crippen molar-refractivity contribution in [2.75, 3.05) is 25.0 Å². The Hall–Kier alpha value is -2.74. The van der Waals surface area contributed by atoms with Gasteiger partial charge in [-0.2, -0.15) is 0 Å². The van der Waals surface area contributed by atoms with Crippen LogP contribution in [-0.2, 0) is 13.0 Å². The average Bonchev–Trinajstić information content (AvgIpc) is 3.43. The summed E-state index contributed by atoms with van der Waals surface area (Å²) in [4.78, 5) is 7.10. The monoisotopic (exact) mass is 396 g/mol. The number of hydrogen-bond donors (Lipinski definition) is 1. The van der Waals surface area contributed by atoms with Gasteiger partial charge in [-0.1, -0.05) is 6.42 Å². The van der Waals surface area contributed by atoms with Gasteiger partial charge in [0.25, 0.3) is 0 Å². The number of aromatic nitrogens is 4. The SMILES string of the molecule is CC(c1cnc(NCc2c(F)ccc3c2CCO3)n2cnnc12)N1CCCCC1. The Morgan fingerprint density at radius 3 is 2.97 bits per heavy atom. The summed E-state index contributed by atoms with van der Waals surface area (Å²) < 4.78 is 21.8. The molecule has 1 N–H and O–H groups in total. The molecule has 0 saturated carbocycles. The van der Waals surface area contributed by atoms with Gasteiger partial charge in [-0.15, -0.1) is 10.2 Å². The quantitative estimate of drug-likeness (QED) is 0.713. The Morgan fingerprint density at radius 2 is 2.10 bits per heavy atom. The topological polar surface area (TPSA) is 67.6 Å². The van der Waals surface area contributed by atoms with Crippen LogP contribution in [0.2, 0.25) is 0 Å². The van der Waals surface area contributed by atoms with Crippen LogP contribution < -0.4 is 10.1 Å². The summed E-state index contributed by atoms with van der Waals surface area (Å²) in [5.41, 5.74) is 3.43. The number of nitrogens with zero attached hydrogens (tertiary/aromatic N) is 5. The molecule has 0 radical (unpaired) electrons. The van der Waals surface area contributed by atoms with E-state index < -0.39 is 0 Å². The van der Waals surface area contributed by atoms with Crippen molar-refractivity contribution >= 4 is 11.6 Å². The Labute approximate surface area is 168 Å². The van der Waals surface area contributed by atoms with Crippen LogP contribution in [0.25, 0.3) is 5.65 Å². The number of hydrogen-bond acceptors (Lipinski definition) is 6. The first kappa shape index (κ1) is 18.3. The maximum Gasteiger partial charge on any atom is 0.210 e. The fraction of sp³-hybridized carbons (Fsp3) is 0.476. The lowest BCUT2D eigenvalue weighted by molar-refractivity contribution is 0.175. The highest BCUT2D eigenvalue weighted by atomic mass is 19.1. The normalized spacial score (nSPS) is 17.9. The molecular weight excluding hydrogens is 371 g/mol. The molecule has 5 rings (SSSR count). The van der Waals surface area contributed by atoms with E-state index in [4.69, 9.17) is 4.74 Å². The molecule has 4 heterocycles. The molecule has 8 heteroatoms. The Balaban J connectivity index is 1.41. The Morgan fingerprint density at radius 1 is 1.24 bits per heavy atom. The third-order valence-corrected chi connectivity index (χ3v) is 6.11. The van der Waals surface area contributed by atoms with Gasteiger partial charge in [-0.05, 0) is 45.0 Å². The van der Waals surface area contributed by atoms with Gasteiger partial charge in [-0.25, -0.2) is 9.37 Å². The highest BCUT2D eigenvalue weighted by Crippen LogP contribution is 2.31. The largest absolute Gasteiger partial charge is 0.493 e. The van der Waals surface area contributed by atoms with Crippen LogP contribution >= 0.6 is 0 Å². The molecule has 2 aliphatic rings. The molecule has 3 aromatic rings. The molecule has 1 atom stereocenters. The molecule has 0 bridgehead atoms. The van der Waals surface area contributed by atoms with Gasteiger partial charge in [0.05, 0.1) is 6.61 Å². The van der Waals surface area contributed by atoms with Gasteiger partial charge >= 0.3 is 0 Å². The van der Waals surface area contributed by atoms with E-state index >= 15 is 0 Å². The van der Waals surface area contributed by atoms with Crippen LogP contribution in [0.15, 0.2) is 24.7 Å². The maximum atomic E-state index is 14.4. The molecule has 0 amide bonds. The summed E-state index contributed by atoms with van der Waals surface area (Å²) >= 11 is 0. The summed E-state index contributed by atoms with van der Waals surface area (Å²) in [6.45, 7) is 5.33. The summed E-state index contributed by atoms with van der Waals surface area (Å²) in [7, 11) is 0. The second kappa shape index (κ2) is 7.59. The molecule has 0 aliphatic carbocycles. The number of piperidine rings is 1. The number of benzene rings is 1. The van der Waals surface area contributed by atoms with Crippen LogP contribution in [0.1, 0.15) is 48.9 Å². The molecule has 2 aliphatic heterocycles. The number of rotatable bonds is 5. The van der Waals surface area contributed by atoms with Gasteiger partial charge in [-0.3, -0.25) is 9.30 Å². The van der Waals surface area contributed by atoms with Gasteiger partial charge in [0.2, 0.25) is 5.95 Å². The number of ether oxygens (including phenoxy) is 1. The molecule has 29 heavy (non-hydrogen) atoms. The second-order valence-corrected chi connectivity index (χ2v) is 7.79. The fourth-order valence-electron chi connectivity index (χ4n) is 4.44. The zero-order valence-electron chi connectivity index (χ0n) is 16.6. The number of fused-ring (bicyclic) bond motifs is 2. The number of anilines is 1. The second-order valence-electron chi connectivity index (χ2n) is 7.79. The van der Waals surface area contributed by atoms with E-state index in [1.54, 1.807) is 12.4 Å². The zero-order valence-corrected chi connectivity index (χ0v) is 16.6. The van der Waals surface area contributed by atoms with Gasteiger partial charge in [0.15, 0.2) is 5.65 Å². The van der Waals surface area contributed by atoms with Crippen LogP contribution in [0, 0.1) is 5.82 Å². The van der Waals surface area contributed by atoms with Crippen molar-refractivity contribution in [1.29, 1.82) is 0 Å². The van der Waals surface area contributed by atoms with Crippen molar-refractivity contribution in [2.24, 2.45) is 0 Å². The van der Waals surface area contributed by atoms with E-state index in [0.717, 1.165) is 42.0 Å². The first-order chi connectivity index (χ1) is 14.2. The Kier molecular flexibility index (Phi) is 4.79. The third kappa shape index (κ3) is 3.31. The molecule has 1 unspecified atom stereocenters. The van der Waals surface area contributed by atoms with Gasteiger partial charge < -0.3 is 10.1 Å². The number of nitrogens with one attached hydrogen (secondary N) is 1. The Bertz CT molecular complexity index is 1030. The van der Waals surface area contributed by atoms with E-state index in [1.807, 2.05) is 10.6 Å². The highest BCUT2D eigenvalue weighted by molar-refractivity contribution is 5.53. The first-order valence-corrected chi connectivity index (χ1v) is 10.3. The van der Waals surface area contributed by atoms with Crippen molar-refractivity contribution in [3.8, 4) is 5.75 Å². The van der Waals surface area contributed by atoms with E-state index in [1.165, 1.54) is 25.3 Å². The predicted molar refractivity (Wildman–Crippen MR) is 108 cm³/mol.